The standard InChI is InChI=1S/C21H20F5N5O/c22-18(23)11-5-6-31(8-11)14-9-32-15-4-2-1-3-12(15)17(14)30-20-13-7-16(21(24,25)26)29-19(13)27-10-28-20/h1-4,7,10-11,14,17-18H,5-6,8-9H2,(H2,27,28,29,30). The number of H-pyrrole nitrogens is 1. The van der Waals surface area contributed by atoms with Crippen LogP contribution < -0.4 is 10.1 Å². The maximum atomic E-state index is 13.3. The van der Waals surface area contributed by atoms with Crippen LogP contribution in [0.4, 0.5) is 27.8 Å². The molecule has 2 aliphatic heterocycles. The summed E-state index contributed by atoms with van der Waals surface area (Å²) in [7, 11) is 0. The monoisotopic (exact) mass is 453 g/mol. The predicted octanol–water partition coefficient (Wildman–Crippen LogP) is 4.48. The van der Waals surface area contributed by atoms with Gasteiger partial charge in [0.15, 0.2) is 0 Å². The van der Waals surface area contributed by atoms with Crippen LogP contribution in [0.5, 0.6) is 5.75 Å². The summed E-state index contributed by atoms with van der Waals surface area (Å²) in [4.78, 5) is 12.3. The smallest absolute Gasteiger partial charge is 0.431 e. The number of aromatic amines is 1. The average Bonchev–Trinajstić information content (AvgIpc) is 3.42. The normalized spacial score (nSPS) is 24.0. The van der Waals surface area contributed by atoms with Gasteiger partial charge in [-0.2, -0.15) is 13.2 Å². The van der Waals surface area contributed by atoms with Crippen molar-refractivity contribution in [2.75, 3.05) is 25.0 Å². The van der Waals surface area contributed by atoms with Gasteiger partial charge in [0.05, 0.1) is 17.5 Å². The molecule has 0 spiro atoms. The van der Waals surface area contributed by atoms with E-state index in [0.717, 1.165) is 11.6 Å². The second-order valence-corrected chi connectivity index (χ2v) is 8.08. The fourth-order valence-electron chi connectivity index (χ4n) is 4.51. The first kappa shape index (κ1) is 20.9. The maximum absolute atomic E-state index is 13.3. The Morgan fingerprint density at radius 1 is 1.19 bits per heavy atom. The van der Waals surface area contributed by atoms with Gasteiger partial charge in [-0.3, -0.25) is 4.90 Å². The summed E-state index contributed by atoms with van der Waals surface area (Å²) >= 11 is 0. The summed E-state index contributed by atoms with van der Waals surface area (Å²) in [5.41, 5.74) is -0.0625. The van der Waals surface area contributed by atoms with Gasteiger partial charge >= 0.3 is 6.18 Å². The SMILES string of the molecule is FC(F)C1CCN(C2COc3ccccc3C2Nc2ncnc3[nH]c(C(F)(F)F)cc23)C1. The molecule has 2 N–H and O–H groups in total. The van der Waals surface area contributed by atoms with E-state index in [9.17, 15) is 22.0 Å². The minimum atomic E-state index is -4.55. The zero-order valence-electron chi connectivity index (χ0n) is 16.7. The number of hydrogen-bond acceptors (Lipinski definition) is 5. The first-order valence-corrected chi connectivity index (χ1v) is 10.2. The van der Waals surface area contributed by atoms with Crippen molar-refractivity contribution >= 4 is 16.9 Å². The molecule has 0 radical (unpaired) electrons. The van der Waals surface area contributed by atoms with Crippen LogP contribution in [-0.4, -0.2) is 52.0 Å². The Balaban J connectivity index is 1.51. The third kappa shape index (κ3) is 3.74. The van der Waals surface area contributed by atoms with Crippen molar-refractivity contribution < 1.29 is 26.7 Å². The van der Waals surface area contributed by atoms with E-state index < -0.39 is 30.3 Å². The molecule has 2 aromatic heterocycles. The van der Waals surface area contributed by atoms with E-state index in [2.05, 4.69) is 20.3 Å². The van der Waals surface area contributed by atoms with Crippen LogP contribution in [0.2, 0.25) is 0 Å². The molecular formula is C21H20F5N5O. The molecule has 1 aromatic carbocycles. The third-order valence-electron chi connectivity index (χ3n) is 6.15. The van der Waals surface area contributed by atoms with Gasteiger partial charge in [0, 0.05) is 18.0 Å². The van der Waals surface area contributed by atoms with Gasteiger partial charge in [-0.1, -0.05) is 18.2 Å². The zero-order valence-corrected chi connectivity index (χ0v) is 16.7. The molecule has 3 atom stereocenters. The van der Waals surface area contributed by atoms with Crippen molar-refractivity contribution in [2.45, 2.75) is 31.1 Å². The number of nitrogens with zero attached hydrogens (tertiary/aromatic N) is 3. The molecule has 4 heterocycles. The third-order valence-corrected chi connectivity index (χ3v) is 6.15. The molecule has 2 aliphatic rings. The molecule has 3 unspecified atom stereocenters. The second-order valence-electron chi connectivity index (χ2n) is 8.08. The summed E-state index contributed by atoms with van der Waals surface area (Å²) in [6, 6.07) is 7.58. The molecule has 3 aromatic rings. The molecule has 1 saturated heterocycles. The van der Waals surface area contributed by atoms with E-state index in [1.165, 1.54) is 6.33 Å². The van der Waals surface area contributed by atoms with Crippen molar-refractivity contribution in [2.24, 2.45) is 5.92 Å². The molecule has 0 amide bonds. The Bertz CT molecular complexity index is 1120. The van der Waals surface area contributed by atoms with Gasteiger partial charge in [0.2, 0.25) is 6.43 Å². The number of anilines is 1. The van der Waals surface area contributed by atoms with Crippen molar-refractivity contribution in [3.8, 4) is 5.75 Å². The summed E-state index contributed by atoms with van der Waals surface area (Å²) in [6.07, 6.45) is -5.38. The lowest BCUT2D eigenvalue weighted by atomic mass is 9.95. The fourth-order valence-corrected chi connectivity index (χ4v) is 4.51. The Morgan fingerprint density at radius 2 is 2.00 bits per heavy atom. The zero-order chi connectivity index (χ0) is 22.5. The van der Waals surface area contributed by atoms with E-state index >= 15 is 0 Å². The lowest BCUT2D eigenvalue weighted by Gasteiger charge is -2.39. The minimum absolute atomic E-state index is 0.0608. The molecule has 11 heteroatoms. The molecular weight excluding hydrogens is 433 g/mol. The number of alkyl halides is 5. The molecule has 0 bridgehead atoms. The van der Waals surface area contributed by atoms with Gasteiger partial charge in [-0.05, 0) is 25.1 Å². The van der Waals surface area contributed by atoms with Crippen LogP contribution in [0.3, 0.4) is 0 Å². The number of aromatic nitrogens is 3. The molecule has 0 saturated carbocycles. The van der Waals surface area contributed by atoms with Crippen molar-refractivity contribution in [3.05, 3.63) is 47.9 Å². The van der Waals surface area contributed by atoms with Crippen molar-refractivity contribution in [3.63, 3.8) is 0 Å². The Hall–Kier alpha value is -2.95. The number of benzene rings is 1. The first-order valence-electron chi connectivity index (χ1n) is 10.2. The highest BCUT2D eigenvalue weighted by atomic mass is 19.4. The highest BCUT2D eigenvalue weighted by Gasteiger charge is 2.41. The largest absolute Gasteiger partial charge is 0.491 e. The van der Waals surface area contributed by atoms with Gasteiger partial charge < -0.3 is 15.0 Å². The quantitative estimate of drug-likeness (QED) is 0.571. The Morgan fingerprint density at radius 3 is 2.75 bits per heavy atom. The van der Waals surface area contributed by atoms with Crippen LogP contribution in [0.25, 0.3) is 11.0 Å². The predicted molar refractivity (Wildman–Crippen MR) is 107 cm³/mol. The number of fused-ring (bicyclic) bond motifs is 2. The Labute approximate surface area is 179 Å². The maximum Gasteiger partial charge on any atom is 0.431 e. The summed E-state index contributed by atoms with van der Waals surface area (Å²) in [5, 5.41) is 3.47. The van der Waals surface area contributed by atoms with Gasteiger partial charge in [-0.15, -0.1) is 0 Å². The highest BCUT2D eigenvalue weighted by Crippen LogP contribution is 2.40. The van der Waals surface area contributed by atoms with Crippen molar-refractivity contribution in [1.29, 1.82) is 0 Å². The second kappa shape index (κ2) is 7.88. The van der Waals surface area contributed by atoms with Crippen molar-refractivity contribution in [1.82, 2.24) is 19.9 Å². The number of nitrogens with one attached hydrogen (secondary N) is 2. The molecule has 32 heavy (non-hydrogen) atoms. The number of likely N-dealkylation sites (tertiary alicyclic amines) is 1. The number of rotatable bonds is 4. The van der Waals surface area contributed by atoms with E-state index in [1.807, 2.05) is 23.1 Å². The summed E-state index contributed by atoms with van der Waals surface area (Å²) in [5.74, 6) is 0.164. The average molecular weight is 453 g/mol. The van der Waals surface area contributed by atoms with Gasteiger partial charge in [0.25, 0.3) is 0 Å². The summed E-state index contributed by atoms with van der Waals surface area (Å²) in [6.45, 7) is 0.984. The highest BCUT2D eigenvalue weighted by molar-refractivity contribution is 5.88. The molecule has 170 valence electrons. The number of halogens is 5. The van der Waals surface area contributed by atoms with Crippen LogP contribution in [0.1, 0.15) is 23.7 Å². The van der Waals surface area contributed by atoms with E-state index in [4.69, 9.17) is 4.74 Å². The Kier molecular flexibility index (Phi) is 5.15. The van der Waals surface area contributed by atoms with Crippen LogP contribution in [0.15, 0.2) is 36.7 Å². The molecule has 5 rings (SSSR count). The van der Waals surface area contributed by atoms with E-state index in [-0.39, 0.29) is 36.0 Å². The number of hydrogen-bond donors (Lipinski definition) is 2. The molecule has 0 aliphatic carbocycles. The van der Waals surface area contributed by atoms with Crippen LogP contribution in [0, 0.1) is 5.92 Å². The lowest BCUT2D eigenvalue weighted by Crippen LogP contribution is -2.47. The minimum Gasteiger partial charge on any atom is -0.491 e. The fraction of sp³-hybridized carbons (Fsp3) is 0.429. The number of para-hydroxylation sites is 1. The summed E-state index contributed by atoms with van der Waals surface area (Å²) < 4.78 is 72.0. The molecule has 6 nitrogen and oxygen atoms in total. The van der Waals surface area contributed by atoms with E-state index in [1.54, 1.807) is 6.07 Å². The lowest BCUT2D eigenvalue weighted by molar-refractivity contribution is -0.140. The van der Waals surface area contributed by atoms with Gasteiger partial charge in [-0.25, -0.2) is 18.7 Å². The van der Waals surface area contributed by atoms with Crippen LogP contribution in [-0.2, 0) is 6.18 Å². The van der Waals surface area contributed by atoms with Gasteiger partial charge in [0.1, 0.15) is 35.8 Å². The number of ether oxygens (including phenoxy) is 1. The van der Waals surface area contributed by atoms with Crippen LogP contribution >= 0.6 is 0 Å². The molecule has 1 fully saturated rings. The first-order chi connectivity index (χ1) is 15.3. The van der Waals surface area contributed by atoms with E-state index in [0.29, 0.717) is 18.7 Å². The topological polar surface area (TPSA) is 66.1 Å².